The molecule has 0 radical (unpaired) electrons. The smallest absolute Gasteiger partial charge is 0.0962 e. The number of hydrogen-bond donors (Lipinski definition) is 1. The van der Waals surface area contributed by atoms with Crippen LogP contribution in [0.3, 0.4) is 0 Å². The predicted molar refractivity (Wildman–Crippen MR) is 69.0 cm³/mol. The van der Waals surface area contributed by atoms with E-state index in [0.717, 1.165) is 31.9 Å². The van der Waals surface area contributed by atoms with Crippen LogP contribution in [0.15, 0.2) is 6.20 Å². The molecule has 2 N–H and O–H groups in total. The summed E-state index contributed by atoms with van der Waals surface area (Å²) in [6.45, 7) is 4.16. The van der Waals surface area contributed by atoms with Crippen LogP contribution in [0.4, 0.5) is 0 Å². The third-order valence-corrected chi connectivity index (χ3v) is 3.30. The van der Waals surface area contributed by atoms with Crippen LogP contribution in [0, 0.1) is 0 Å². The van der Waals surface area contributed by atoms with Crippen molar-refractivity contribution in [2.75, 3.05) is 26.7 Å². The second-order valence-electron chi connectivity index (χ2n) is 4.93. The van der Waals surface area contributed by atoms with E-state index in [9.17, 15) is 0 Å². The van der Waals surface area contributed by atoms with Crippen molar-refractivity contribution in [3.8, 4) is 0 Å². The van der Waals surface area contributed by atoms with Crippen LogP contribution in [0.1, 0.15) is 25.0 Å². The summed E-state index contributed by atoms with van der Waals surface area (Å²) in [5, 5.41) is 8.01. The predicted octanol–water partition coefficient (Wildman–Crippen LogP) is 0.238. The highest BCUT2D eigenvalue weighted by Crippen LogP contribution is 2.13. The van der Waals surface area contributed by atoms with Crippen molar-refractivity contribution in [1.82, 2.24) is 19.9 Å². The molecule has 1 aromatic heterocycles. The Morgan fingerprint density at radius 2 is 2.44 bits per heavy atom. The van der Waals surface area contributed by atoms with E-state index in [-0.39, 0.29) is 0 Å². The van der Waals surface area contributed by atoms with Crippen LogP contribution in [0.2, 0.25) is 0 Å². The summed E-state index contributed by atoms with van der Waals surface area (Å²) in [5.74, 6) is 0. The molecule has 18 heavy (non-hydrogen) atoms. The summed E-state index contributed by atoms with van der Waals surface area (Å²) in [6, 6.07) is 0. The molecule has 6 heteroatoms. The minimum Gasteiger partial charge on any atom is -0.377 e. The molecule has 0 bridgehead atoms. The van der Waals surface area contributed by atoms with Crippen LogP contribution in [-0.4, -0.2) is 52.7 Å². The monoisotopic (exact) mass is 253 g/mol. The number of nitrogens with two attached hydrogens (primary N) is 1. The molecule has 1 aliphatic heterocycles. The van der Waals surface area contributed by atoms with E-state index in [1.165, 1.54) is 19.3 Å². The Balaban J connectivity index is 1.68. The molecule has 102 valence electrons. The van der Waals surface area contributed by atoms with Gasteiger partial charge >= 0.3 is 0 Å². The Hall–Kier alpha value is -0.980. The van der Waals surface area contributed by atoms with E-state index in [4.69, 9.17) is 10.5 Å². The van der Waals surface area contributed by atoms with E-state index >= 15 is 0 Å². The normalized spacial score (nSPS) is 20.5. The maximum atomic E-state index is 5.73. The molecule has 0 aromatic carbocycles. The third-order valence-electron chi connectivity index (χ3n) is 3.30. The fourth-order valence-corrected chi connectivity index (χ4v) is 2.20. The first kappa shape index (κ1) is 13.5. The Morgan fingerprint density at radius 1 is 1.56 bits per heavy atom. The number of nitrogens with zero attached hydrogens (tertiary/aromatic N) is 4. The maximum Gasteiger partial charge on any atom is 0.0962 e. The number of likely N-dealkylation sites (N-methyl/N-ethyl adjacent to an activating group) is 1. The molecule has 1 aliphatic rings. The van der Waals surface area contributed by atoms with Gasteiger partial charge < -0.3 is 15.4 Å². The molecular formula is C12H23N5O. The number of aromatic nitrogens is 3. The Labute approximate surface area is 108 Å². The summed E-state index contributed by atoms with van der Waals surface area (Å²) < 4.78 is 7.58. The lowest BCUT2D eigenvalue weighted by atomic mass is 10.1. The summed E-state index contributed by atoms with van der Waals surface area (Å²) in [5.41, 5.74) is 6.34. The van der Waals surface area contributed by atoms with E-state index in [1.54, 1.807) is 0 Å². The Morgan fingerprint density at radius 3 is 3.11 bits per heavy atom. The quantitative estimate of drug-likeness (QED) is 0.786. The minimum absolute atomic E-state index is 0.402. The number of rotatable bonds is 6. The largest absolute Gasteiger partial charge is 0.377 e. The van der Waals surface area contributed by atoms with Gasteiger partial charge in [0.1, 0.15) is 0 Å². The fraction of sp³-hybridized carbons (Fsp3) is 0.833. The van der Waals surface area contributed by atoms with Gasteiger partial charge in [0.2, 0.25) is 0 Å². The zero-order valence-electron chi connectivity index (χ0n) is 11.1. The molecule has 1 saturated heterocycles. The highest BCUT2D eigenvalue weighted by molar-refractivity contribution is 4.90. The van der Waals surface area contributed by atoms with Gasteiger partial charge in [-0.2, -0.15) is 0 Å². The minimum atomic E-state index is 0.402. The van der Waals surface area contributed by atoms with Gasteiger partial charge in [0.25, 0.3) is 0 Å². The third kappa shape index (κ3) is 4.04. The zero-order chi connectivity index (χ0) is 12.8. The first-order chi connectivity index (χ1) is 8.78. The molecule has 0 aliphatic carbocycles. The van der Waals surface area contributed by atoms with Crippen LogP contribution < -0.4 is 5.73 Å². The van der Waals surface area contributed by atoms with Crippen molar-refractivity contribution in [2.45, 2.75) is 38.5 Å². The lowest BCUT2D eigenvalue weighted by Crippen LogP contribution is -2.35. The highest BCUT2D eigenvalue weighted by atomic mass is 16.5. The van der Waals surface area contributed by atoms with Crippen LogP contribution in [0.5, 0.6) is 0 Å². The van der Waals surface area contributed by atoms with Crippen LogP contribution in [0.25, 0.3) is 0 Å². The second kappa shape index (κ2) is 6.82. The number of ether oxygens (including phenoxy) is 1. The van der Waals surface area contributed by atoms with Gasteiger partial charge in [0.05, 0.1) is 18.3 Å². The van der Waals surface area contributed by atoms with E-state index in [2.05, 4.69) is 22.3 Å². The Kier molecular flexibility index (Phi) is 5.10. The second-order valence-corrected chi connectivity index (χ2v) is 4.93. The van der Waals surface area contributed by atoms with Gasteiger partial charge in [-0.3, -0.25) is 4.68 Å². The lowest BCUT2D eigenvalue weighted by Gasteiger charge is -2.27. The highest BCUT2D eigenvalue weighted by Gasteiger charge is 2.15. The van der Waals surface area contributed by atoms with Gasteiger partial charge in [-0.05, 0) is 26.3 Å². The molecule has 0 saturated carbocycles. The molecule has 6 nitrogen and oxygen atoms in total. The zero-order valence-corrected chi connectivity index (χ0v) is 11.1. The first-order valence-electron chi connectivity index (χ1n) is 6.67. The summed E-state index contributed by atoms with van der Waals surface area (Å²) in [7, 11) is 2.12. The van der Waals surface area contributed by atoms with E-state index in [1.807, 2.05) is 10.9 Å². The lowest BCUT2D eigenvalue weighted by molar-refractivity contribution is -0.00194. The Bertz CT molecular complexity index is 348. The van der Waals surface area contributed by atoms with Crippen molar-refractivity contribution < 1.29 is 4.74 Å². The molecular weight excluding hydrogens is 230 g/mol. The van der Waals surface area contributed by atoms with Crippen molar-refractivity contribution in [2.24, 2.45) is 5.73 Å². The standard InChI is InChI=1S/C12H23N5O/c1-16(10-12-4-2-3-7-18-12)5-6-17-9-11(8-13)14-15-17/h9,12H,2-8,10,13H2,1H3. The van der Waals surface area contributed by atoms with Gasteiger partial charge in [0, 0.05) is 32.4 Å². The van der Waals surface area contributed by atoms with Crippen molar-refractivity contribution in [3.05, 3.63) is 11.9 Å². The first-order valence-corrected chi connectivity index (χ1v) is 6.67. The molecule has 0 spiro atoms. The molecule has 1 fully saturated rings. The van der Waals surface area contributed by atoms with E-state index < -0.39 is 0 Å². The molecule has 1 aromatic rings. The van der Waals surface area contributed by atoms with Gasteiger partial charge in [-0.25, -0.2) is 0 Å². The van der Waals surface area contributed by atoms with Crippen molar-refractivity contribution in [3.63, 3.8) is 0 Å². The molecule has 2 rings (SSSR count). The van der Waals surface area contributed by atoms with Crippen molar-refractivity contribution in [1.29, 1.82) is 0 Å². The topological polar surface area (TPSA) is 69.2 Å². The maximum absolute atomic E-state index is 5.73. The van der Waals surface area contributed by atoms with Crippen LogP contribution in [-0.2, 0) is 17.8 Å². The molecule has 1 unspecified atom stereocenters. The van der Waals surface area contributed by atoms with Crippen molar-refractivity contribution >= 4 is 0 Å². The van der Waals surface area contributed by atoms with Gasteiger partial charge in [-0.1, -0.05) is 5.21 Å². The SMILES string of the molecule is CN(CCn1cc(CN)nn1)CC1CCCCO1. The van der Waals surface area contributed by atoms with Gasteiger partial charge in [0.15, 0.2) is 0 Å². The van der Waals surface area contributed by atoms with E-state index in [0.29, 0.717) is 12.6 Å². The molecule has 1 atom stereocenters. The molecule has 2 heterocycles. The summed E-state index contributed by atoms with van der Waals surface area (Å²) in [4.78, 5) is 2.29. The average molecular weight is 253 g/mol. The van der Waals surface area contributed by atoms with Crippen LogP contribution >= 0.6 is 0 Å². The molecule has 0 amide bonds. The van der Waals surface area contributed by atoms with Gasteiger partial charge in [-0.15, -0.1) is 5.10 Å². The fourth-order valence-electron chi connectivity index (χ4n) is 2.20. The summed E-state index contributed by atoms with van der Waals surface area (Å²) >= 11 is 0. The number of hydrogen-bond acceptors (Lipinski definition) is 5. The summed E-state index contributed by atoms with van der Waals surface area (Å²) in [6.07, 6.45) is 6.00. The average Bonchev–Trinajstić information content (AvgIpc) is 2.85.